The van der Waals surface area contributed by atoms with Crippen molar-refractivity contribution in [2.75, 3.05) is 6.61 Å². The Morgan fingerprint density at radius 3 is 2.38 bits per heavy atom. The highest BCUT2D eigenvalue weighted by atomic mass is 16.2. The van der Waals surface area contributed by atoms with Crippen molar-refractivity contribution in [2.45, 2.75) is 26.7 Å². The molecule has 0 aromatic carbocycles. The van der Waals surface area contributed by atoms with Crippen LogP contribution in [-0.4, -0.2) is 11.7 Å². The van der Waals surface area contributed by atoms with Gasteiger partial charge in [-0.25, -0.2) is 0 Å². The lowest BCUT2D eigenvalue weighted by molar-refractivity contribution is 0.298. The fourth-order valence-corrected chi connectivity index (χ4v) is 0.669. The number of aliphatic hydroxyl groups excluding tert-OH is 1. The van der Waals surface area contributed by atoms with Gasteiger partial charge in [-0.3, -0.25) is 0 Å². The molecule has 0 radical (unpaired) electrons. The van der Waals surface area contributed by atoms with E-state index in [1.165, 1.54) is 5.57 Å². The van der Waals surface area contributed by atoms with Crippen LogP contribution in [0.1, 0.15) is 26.7 Å². The van der Waals surface area contributed by atoms with E-state index in [1.807, 2.05) is 6.92 Å². The summed E-state index contributed by atoms with van der Waals surface area (Å²) in [5.74, 6) is 0. The Labute approximate surface area is 51.0 Å². The van der Waals surface area contributed by atoms with Crippen LogP contribution in [0.3, 0.4) is 0 Å². The third-order valence-electron chi connectivity index (χ3n) is 1.30. The molecule has 8 heavy (non-hydrogen) atoms. The second-order valence-electron chi connectivity index (χ2n) is 1.77. The summed E-state index contributed by atoms with van der Waals surface area (Å²) in [5.41, 5.74) is 1.34. The summed E-state index contributed by atoms with van der Waals surface area (Å²) in [4.78, 5) is 0. The van der Waals surface area contributed by atoms with Gasteiger partial charge in [-0.1, -0.05) is 18.6 Å². The molecule has 1 N–H and O–H groups in total. The minimum Gasteiger partial charge on any atom is -0.396 e. The summed E-state index contributed by atoms with van der Waals surface area (Å²) >= 11 is 0. The molecule has 48 valence electrons. The Hall–Kier alpha value is -0.300. The van der Waals surface area contributed by atoms with Gasteiger partial charge < -0.3 is 5.11 Å². The number of hydrogen-bond acceptors (Lipinski definition) is 1. The summed E-state index contributed by atoms with van der Waals surface area (Å²) in [5, 5.41) is 8.46. The predicted molar refractivity (Wildman–Crippen MR) is 35.8 cm³/mol. The quantitative estimate of drug-likeness (QED) is 0.554. The Balaban J connectivity index is 3.38. The molecule has 0 saturated heterocycles. The molecule has 0 heterocycles. The summed E-state index contributed by atoms with van der Waals surface area (Å²) < 4.78 is 0. The lowest BCUT2D eigenvalue weighted by Gasteiger charge is -1.96. The average molecular weight is 114 g/mol. The van der Waals surface area contributed by atoms with Gasteiger partial charge in [-0.05, 0) is 19.8 Å². The highest BCUT2D eigenvalue weighted by Gasteiger charge is 1.87. The number of hydrogen-bond donors (Lipinski definition) is 1. The molecule has 0 amide bonds. The molecule has 0 aromatic rings. The van der Waals surface area contributed by atoms with E-state index in [-0.39, 0.29) is 6.61 Å². The SMILES string of the molecule is C/C=C(/CC)CCO. The van der Waals surface area contributed by atoms with Gasteiger partial charge in [0.2, 0.25) is 0 Å². The van der Waals surface area contributed by atoms with Crippen LogP contribution < -0.4 is 0 Å². The maximum Gasteiger partial charge on any atom is 0.0468 e. The van der Waals surface area contributed by atoms with Gasteiger partial charge in [0.25, 0.3) is 0 Å². The van der Waals surface area contributed by atoms with Crippen LogP contribution in [0.5, 0.6) is 0 Å². The minimum absolute atomic E-state index is 0.285. The molecule has 0 saturated carbocycles. The molecular weight excluding hydrogens is 100 g/mol. The average Bonchev–Trinajstić information content (AvgIpc) is 1.83. The van der Waals surface area contributed by atoms with E-state index in [0.717, 1.165) is 12.8 Å². The number of rotatable bonds is 3. The van der Waals surface area contributed by atoms with E-state index in [0.29, 0.717) is 0 Å². The maximum absolute atomic E-state index is 8.46. The first-order valence-corrected chi connectivity index (χ1v) is 3.10. The standard InChI is InChI=1S/C7H14O/c1-3-7(4-2)5-6-8/h3,8H,4-6H2,1-2H3/b7-3-. The molecular formula is C7H14O. The molecule has 0 unspecified atom stereocenters. The summed E-state index contributed by atoms with van der Waals surface area (Å²) in [6, 6.07) is 0. The van der Waals surface area contributed by atoms with E-state index >= 15 is 0 Å². The normalized spacial score (nSPS) is 12.1. The Morgan fingerprint density at radius 2 is 2.25 bits per heavy atom. The van der Waals surface area contributed by atoms with E-state index in [2.05, 4.69) is 13.0 Å². The topological polar surface area (TPSA) is 20.2 Å². The monoisotopic (exact) mass is 114 g/mol. The van der Waals surface area contributed by atoms with Crippen molar-refractivity contribution in [2.24, 2.45) is 0 Å². The molecule has 0 rings (SSSR count). The van der Waals surface area contributed by atoms with Gasteiger partial charge >= 0.3 is 0 Å². The summed E-state index contributed by atoms with van der Waals surface area (Å²) in [6.45, 7) is 4.40. The first-order valence-electron chi connectivity index (χ1n) is 3.10. The fourth-order valence-electron chi connectivity index (χ4n) is 0.669. The molecule has 0 fully saturated rings. The Bertz CT molecular complexity index is 74.5. The predicted octanol–water partition coefficient (Wildman–Crippen LogP) is 1.73. The van der Waals surface area contributed by atoms with E-state index in [4.69, 9.17) is 5.11 Å². The van der Waals surface area contributed by atoms with Crippen molar-refractivity contribution in [3.63, 3.8) is 0 Å². The highest BCUT2D eigenvalue weighted by molar-refractivity contribution is 4.98. The van der Waals surface area contributed by atoms with Crippen LogP contribution in [-0.2, 0) is 0 Å². The van der Waals surface area contributed by atoms with Gasteiger partial charge in [0.05, 0.1) is 0 Å². The first-order chi connectivity index (χ1) is 3.85. The van der Waals surface area contributed by atoms with Crippen LogP contribution in [0, 0.1) is 0 Å². The van der Waals surface area contributed by atoms with Gasteiger partial charge in [0.15, 0.2) is 0 Å². The van der Waals surface area contributed by atoms with Crippen molar-refractivity contribution >= 4 is 0 Å². The third-order valence-corrected chi connectivity index (χ3v) is 1.30. The van der Waals surface area contributed by atoms with Crippen LogP contribution in [0.4, 0.5) is 0 Å². The second kappa shape index (κ2) is 4.85. The smallest absolute Gasteiger partial charge is 0.0468 e. The fraction of sp³-hybridized carbons (Fsp3) is 0.714. The van der Waals surface area contributed by atoms with Crippen LogP contribution in [0.25, 0.3) is 0 Å². The van der Waals surface area contributed by atoms with Gasteiger partial charge in [-0.15, -0.1) is 0 Å². The van der Waals surface area contributed by atoms with E-state index in [9.17, 15) is 0 Å². The van der Waals surface area contributed by atoms with Crippen LogP contribution >= 0.6 is 0 Å². The zero-order valence-electron chi connectivity index (χ0n) is 5.65. The van der Waals surface area contributed by atoms with E-state index in [1.54, 1.807) is 0 Å². The maximum atomic E-state index is 8.46. The van der Waals surface area contributed by atoms with Gasteiger partial charge in [0.1, 0.15) is 0 Å². The minimum atomic E-state index is 0.285. The lowest BCUT2D eigenvalue weighted by Crippen LogP contribution is -1.85. The van der Waals surface area contributed by atoms with Gasteiger partial charge in [-0.2, -0.15) is 0 Å². The summed E-state index contributed by atoms with van der Waals surface area (Å²) in [6.07, 6.45) is 3.97. The van der Waals surface area contributed by atoms with Crippen molar-refractivity contribution in [3.05, 3.63) is 11.6 Å². The van der Waals surface area contributed by atoms with Gasteiger partial charge in [0, 0.05) is 6.61 Å². The molecule has 0 aliphatic carbocycles. The molecule has 1 heteroatoms. The molecule has 0 aliphatic rings. The molecule has 0 atom stereocenters. The molecule has 0 spiro atoms. The highest BCUT2D eigenvalue weighted by Crippen LogP contribution is 2.03. The van der Waals surface area contributed by atoms with Crippen molar-refractivity contribution in [3.8, 4) is 0 Å². The Morgan fingerprint density at radius 1 is 1.62 bits per heavy atom. The third kappa shape index (κ3) is 2.80. The lowest BCUT2D eigenvalue weighted by atomic mass is 10.1. The molecule has 1 nitrogen and oxygen atoms in total. The summed E-state index contributed by atoms with van der Waals surface area (Å²) in [7, 11) is 0. The van der Waals surface area contributed by atoms with Crippen molar-refractivity contribution < 1.29 is 5.11 Å². The zero-order chi connectivity index (χ0) is 6.41. The molecule has 0 aliphatic heterocycles. The van der Waals surface area contributed by atoms with Crippen molar-refractivity contribution in [1.82, 2.24) is 0 Å². The largest absolute Gasteiger partial charge is 0.396 e. The van der Waals surface area contributed by atoms with Crippen molar-refractivity contribution in [1.29, 1.82) is 0 Å². The number of aliphatic hydroxyl groups is 1. The Kier molecular flexibility index (Phi) is 4.67. The van der Waals surface area contributed by atoms with Crippen LogP contribution in [0.2, 0.25) is 0 Å². The number of allylic oxidation sites excluding steroid dienone is 1. The van der Waals surface area contributed by atoms with Crippen LogP contribution in [0.15, 0.2) is 11.6 Å². The zero-order valence-corrected chi connectivity index (χ0v) is 5.65. The molecule has 0 bridgehead atoms. The van der Waals surface area contributed by atoms with E-state index < -0.39 is 0 Å². The second-order valence-corrected chi connectivity index (χ2v) is 1.77. The molecule has 0 aromatic heterocycles. The first kappa shape index (κ1) is 7.70.